The van der Waals surface area contributed by atoms with E-state index in [0.717, 1.165) is 29.1 Å². The molecule has 0 unspecified atom stereocenters. The first-order valence-corrected chi connectivity index (χ1v) is 12.5. The highest BCUT2D eigenvalue weighted by atomic mass is 32.2. The predicted octanol–water partition coefficient (Wildman–Crippen LogP) is 3.62. The van der Waals surface area contributed by atoms with Gasteiger partial charge in [0.05, 0.1) is 30.3 Å². The molecule has 0 fully saturated rings. The minimum Gasteiger partial charge on any atom is -0.468 e. The van der Waals surface area contributed by atoms with E-state index in [0.29, 0.717) is 11.4 Å². The third kappa shape index (κ3) is 5.55. The van der Waals surface area contributed by atoms with Gasteiger partial charge in [-0.05, 0) is 66.8 Å². The van der Waals surface area contributed by atoms with Crippen molar-refractivity contribution < 1.29 is 22.4 Å². The second-order valence-electron chi connectivity index (χ2n) is 8.27. The summed E-state index contributed by atoms with van der Waals surface area (Å²) in [6.07, 6.45) is 4.19. The summed E-state index contributed by atoms with van der Waals surface area (Å²) >= 11 is 0. The first-order chi connectivity index (χ1) is 16.3. The van der Waals surface area contributed by atoms with Crippen LogP contribution in [-0.2, 0) is 32.6 Å². The molecule has 8 nitrogen and oxygen atoms in total. The minimum atomic E-state index is -4.02. The summed E-state index contributed by atoms with van der Waals surface area (Å²) in [5.41, 5.74) is 2.77. The average molecular weight is 482 g/mol. The third-order valence-electron chi connectivity index (χ3n) is 5.75. The molecule has 0 saturated heterocycles. The van der Waals surface area contributed by atoms with Gasteiger partial charge < -0.3 is 15.1 Å². The Kier molecular flexibility index (Phi) is 7.14. The van der Waals surface area contributed by atoms with Crippen molar-refractivity contribution in [3.05, 3.63) is 83.8 Å². The SMILES string of the molecule is CC(=O)Nc1ccc(S(=O)(=O)N(CC(=O)N[C@@H]2CCCc3ccccc32)Cc2ccco2)cc1. The number of carbonyl (C=O) groups excluding carboxylic acids is 2. The maximum absolute atomic E-state index is 13.4. The molecule has 1 aliphatic rings. The Hall–Kier alpha value is -3.43. The Bertz CT molecular complexity index is 1250. The number of hydrogen-bond acceptors (Lipinski definition) is 5. The first kappa shape index (κ1) is 23.7. The predicted molar refractivity (Wildman–Crippen MR) is 127 cm³/mol. The van der Waals surface area contributed by atoms with Gasteiger partial charge in [-0.1, -0.05) is 24.3 Å². The molecule has 1 aliphatic carbocycles. The topological polar surface area (TPSA) is 109 Å². The van der Waals surface area contributed by atoms with E-state index in [1.807, 2.05) is 18.2 Å². The van der Waals surface area contributed by atoms with Gasteiger partial charge in [-0.25, -0.2) is 8.42 Å². The number of fused-ring (bicyclic) bond motifs is 1. The van der Waals surface area contributed by atoms with Gasteiger partial charge >= 0.3 is 0 Å². The van der Waals surface area contributed by atoms with Crippen molar-refractivity contribution in [3.63, 3.8) is 0 Å². The van der Waals surface area contributed by atoms with Crippen LogP contribution in [0.15, 0.2) is 76.2 Å². The first-order valence-electron chi connectivity index (χ1n) is 11.1. The molecule has 178 valence electrons. The van der Waals surface area contributed by atoms with Crippen LogP contribution in [0.25, 0.3) is 0 Å². The molecule has 2 aromatic carbocycles. The molecule has 0 saturated carbocycles. The van der Waals surface area contributed by atoms with Crippen LogP contribution in [0, 0.1) is 0 Å². The zero-order valence-corrected chi connectivity index (χ0v) is 19.7. The zero-order valence-electron chi connectivity index (χ0n) is 18.9. The van der Waals surface area contributed by atoms with E-state index in [1.165, 1.54) is 43.0 Å². The van der Waals surface area contributed by atoms with E-state index in [2.05, 4.69) is 16.7 Å². The van der Waals surface area contributed by atoms with Crippen molar-refractivity contribution >= 4 is 27.5 Å². The van der Waals surface area contributed by atoms with Gasteiger partial charge in [0.1, 0.15) is 5.76 Å². The minimum absolute atomic E-state index is 0.0176. The molecule has 3 aromatic rings. The lowest BCUT2D eigenvalue weighted by Gasteiger charge is -2.28. The van der Waals surface area contributed by atoms with Crippen LogP contribution in [-0.4, -0.2) is 31.1 Å². The lowest BCUT2D eigenvalue weighted by Crippen LogP contribution is -2.42. The van der Waals surface area contributed by atoms with Gasteiger partial charge in [0, 0.05) is 12.6 Å². The summed E-state index contributed by atoms with van der Waals surface area (Å²) in [5, 5.41) is 5.62. The summed E-state index contributed by atoms with van der Waals surface area (Å²) < 4.78 is 33.3. The van der Waals surface area contributed by atoms with Crippen molar-refractivity contribution in [1.82, 2.24) is 9.62 Å². The summed E-state index contributed by atoms with van der Waals surface area (Å²) in [6.45, 7) is 0.936. The number of benzene rings is 2. The number of hydrogen-bond donors (Lipinski definition) is 2. The Balaban J connectivity index is 1.54. The number of nitrogens with one attached hydrogen (secondary N) is 2. The molecule has 0 radical (unpaired) electrons. The zero-order chi connectivity index (χ0) is 24.1. The molecule has 0 spiro atoms. The molecule has 2 N–H and O–H groups in total. The van der Waals surface area contributed by atoms with Gasteiger partial charge in [-0.2, -0.15) is 4.31 Å². The maximum Gasteiger partial charge on any atom is 0.243 e. The molecule has 1 heterocycles. The molecule has 34 heavy (non-hydrogen) atoms. The summed E-state index contributed by atoms with van der Waals surface area (Å²) in [7, 11) is -4.02. The van der Waals surface area contributed by atoms with E-state index in [9.17, 15) is 18.0 Å². The number of rotatable bonds is 8. The van der Waals surface area contributed by atoms with Crippen LogP contribution in [0.1, 0.15) is 42.7 Å². The molecule has 2 amide bonds. The highest BCUT2D eigenvalue weighted by Crippen LogP contribution is 2.29. The number of nitrogens with zero attached hydrogens (tertiary/aromatic N) is 1. The lowest BCUT2D eigenvalue weighted by atomic mass is 9.88. The molecule has 0 aliphatic heterocycles. The van der Waals surface area contributed by atoms with Crippen molar-refractivity contribution in [2.24, 2.45) is 0 Å². The average Bonchev–Trinajstić information content (AvgIpc) is 3.32. The fourth-order valence-electron chi connectivity index (χ4n) is 4.17. The largest absolute Gasteiger partial charge is 0.468 e. The van der Waals surface area contributed by atoms with E-state index in [4.69, 9.17) is 4.42 Å². The normalized spacial score (nSPS) is 15.5. The molecule has 4 rings (SSSR count). The molecule has 0 bridgehead atoms. The fourth-order valence-corrected chi connectivity index (χ4v) is 5.53. The Labute approximate surface area is 199 Å². The summed E-state index contributed by atoms with van der Waals surface area (Å²) in [5.74, 6) is -0.211. The fraction of sp³-hybridized carbons (Fsp3) is 0.280. The van der Waals surface area contributed by atoms with E-state index in [1.54, 1.807) is 12.1 Å². The highest BCUT2D eigenvalue weighted by Gasteiger charge is 2.29. The number of sulfonamides is 1. The van der Waals surface area contributed by atoms with E-state index in [-0.39, 0.29) is 35.8 Å². The highest BCUT2D eigenvalue weighted by molar-refractivity contribution is 7.89. The van der Waals surface area contributed by atoms with Crippen molar-refractivity contribution in [2.75, 3.05) is 11.9 Å². The lowest BCUT2D eigenvalue weighted by molar-refractivity contribution is -0.122. The summed E-state index contributed by atoms with van der Waals surface area (Å²) in [6, 6.07) is 17.0. The van der Waals surface area contributed by atoms with Crippen molar-refractivity contribution in [2.45, 2.75) is 43.7 Å². The molecule has 9 heteroatoms. The van der Waals surface area contributed by atoms with Crippen LogP contribution < -0.4 is 10.6 Å². The van der Waals surface area contributed by atoms with Crippen molar-refractivity contribution in [1.29, 1.82) is 0 Å². The monoisotopic (exact) mass is 481 g/mol. The van der Waals surface area contributed by atoms with Gasteiger partial charge in [0.25, 0.3) is 0 Å². The van der Waals surface area contributed by atoms with E-state index < -0.39 is 10.0 Å². The number of amides is 2. The number of aryl methyl sites for hydroxylation is 1. The number of anilines is 1. The van der Waals surface area contributed by atoms with Crippen LogP contribution in [0.3, 0.4) is 0 Å². The smallest absolute Gasteiger partial charge is 0.243 e. The van der Waals surface area contributed by atoms with Gasteiger partial charge in [-0.3, -0.25) is 9.59 Å². The van der Waals surface area contributed by atoms with Crippen LogP contribution >= 0.6 is 0 Å². The van der Waals surface area contributed by atoms with E-state index >= 15 is 0 Å². The molecular weight excluding hydrogens is 454 g/mol. The molecular formula is C25H27N3O5S. The van der Waals surface area contributed by atoms with Crippen LogP contribution in [0.5, 0.6) is 0 Å². The molecule has 1 aromatic heterocycles. The van der Waals surface area contributed by atoms with Gasteiger partial charge in [0.15, 0.2) is 0 Å². The Morgan fingerprint density at radius 3 is 2.53 bits per heavy atom. The second-order valence-corrected chi connectivity index (χ2v) is 10.2. The quantitative estimate of drug-likeness (QED) is 0.511. The second kappa shape index (κ2) is 10.2. The van der Waals surface area contributed by atoms with Gasteiger partial charge in [-0.15, -0.1) is 0 Å². The summed E-state index contributed by atoms with van der Waals surface area (Å²) in [4.78, 5) is 24.3. The maximum atomic E-state index is 13.4. The van der Waals surface area contributed by atoms with Gasteiger partial charge in [0.2, 0.25) is 21.8 Å². The van der Waals surface area contributed by atoms with Crippen LogP contribution in [0.2, 0.25) is 0 Å². The van der Waals surface area contributed by atoms with Crippen LogP contribution in [0.4, 0.5) is 5.69 Å². The third-order valence-corrected chi connectivity index (χ3v) is 7.56. The number of furan rings is 1. The Morgan fingerprint density at radius 2 is 1.82 bits per heavy atom. The van der Waals surface area contributed by atoms with Crippen molar-refractivity contribution in [3.8, 4) is 0 Å². The number of carbonyl (C=O) groups is 2. The Morgan fingerprint density at radius 1 is 1.06 bits per heavy atom. The standard InChI is InChI=1S/C25H27N3O5S/c1-18(29)26-20-11-13-22(14-12-20)34(31,32)28(16-21-8-5-15-33-21)17-25(30)27-24-10-4-7-19-6-2-3-9-23(19)24/h2-3,5-6,8-9,11-15,24H,4,7,10,16-17H2,1H3,(H,26,29)(H,27,30)/t24-/m1/s1. The molecule has 1 atom stereocenters.